The van der Waals surface area contributed by atoms with Crippen molar-refractivity contribution < 1.29 is 32.7 Å². The standard InChI is InChI=1S/C25H23N3O7S/c1-27(36(33,34)19-13-11-18(12-14-19)35-17-7-3-2-4-8-17)22(23(29)26-32)15-16-28-24(30)20-9-5-6-10-21(20)25(28)31/h2-14,22,32H,15-16H2,1H3,(H,26,29). The lowest BCUT2D eigenvalue weighted by Crippen LogP contribution is -2.48. The fourth-order valence-corrected chi connectivity index (χ4v) is 5.23. The Morgan fingerprint density at radius 3 is 2.00 bits per heavy atom. The quantitative estimate of drug-likeness (QED) is 0.257. The summed E-state index contributed by atoms with van der Waals surface area (Å²) in [7, 11) is -3.01. The molecule has 10 nitrogen and oxygen atoms in total. The van der Waals surface area contributed by atoms with Gasteiger partial charge in [0.2, 0.25) is 10.0 Å². The number of benzene rings is 3. The van der Waals surface area contributed by atoms with E-state index in [9.17, 15) is 28.0 Å². The Labute approximate surface area is 207 Å². The summed E-state index contributed by atoms with van der Waals surface area (Å²) in [5.41, 5.74) is 1.95. The van der Waals surface area contributed by atoms with Crippen LogP contribution in [-0.4, -0.2) is 60.2 Å². The third kappa shape index (κ3) is 4.85. The smallest absolute Gasteiger partial charge is 0.261 e. The van der Waals surface area contributed by atoms with Crippen molar-refractivity contribution >= 4 is 27.7 Å². The van der Waals surface area contributed by atoms with Crippen molar-refractivity contribution in [3.8, 4) is 11.5 Å². The molecular weight excluding hydrogens is 486 g/mol. The zero-order valence-corrected chi connectivity index (χ0v) is 20.0. The molecule has 1 atom stereocenters. The molecule has 36 heavy (non-hydrogen) atoms. The van der Waals surface area contributed by atoms with Gasteiger partial charge < -0.3 is 4.74 Å². The summed E-state index contributed by atoms with van der Waals surface area (Å²) in [6.45, 7) is -0.228. The number of imide groups is 1. The molecule has 2 N–H and O–H groups in total. The first-order valence-electron chi connectivity index (χ1n) is 10.9. The number of sulfonamides is 1. The van der Waals surface area contributed by atoms with E-state index >= 15 is 0 Å². The molecule has 3 aromatic rings. The number of amides is 3. The Morgan fingerprint density at radius 2 is 1.44 bits per heavy atom. The summed E-state index contributed by atoms with van der Waals surface area (Å²) in [4.78, 5) is 38.5. The number of fused-ring (bicyclic) bond motifs is 1. The SMILES string of the molecule is CN(C(CCN1C(=O)c2ccccc2C1=O)C(=O)NO)S(=O)(=O)c1ccc(Oc2ccccc2)cc1. The summed E-state index contributed by atoms with van der Waals surface area (Å²) < 4.78 is 33.0. The van der Waals surface area contributed by atoms with Gasteiger partial charge in [-0.3, -0.25) is 24.5 Å². The van der Waals surface area contributed by atoms with E-state index in [1.807, 2.05) is 6.07 Å². The number of carbonyl (C=O) groups excluding carboxylic acids is 3. The van der Waals surface area contributed by atoms with Crippen molar-refractivity contribution in [3.05, 3.63) is 90.0 Å². The first-order valence-corrected chi connectivity index (χ1v) is 12.4. The van der Waals surface area contributed by atoms with E-state index in [4.69, 9.17) is 4.74 Å². The van der Waals surface area contributed by atoms with E-state index in [0.717, 1.165) is 9.21 Å². The van der Waals surface area contributed by atoms with Crippen molar-refractivity contribution in [1.82, 2.24) is 14.7 Å². The van der Waals surface area contributed by atoms with E-state index in [-0.39, 0.29) is 29.0 Å². The second-order valence-electron chi connectivity index (χ2n) is 8.00. The van der Waals surface area contributed by atoms with Gasteiger partial charge in [0, 0.05) is 13.6 Å². The van der Waals surface area contributed by atoms with Crippen LogP contribution in [0.3, 0.4) is 0 Å². The molecule has 1 aliphatic heterocycles. The van der Waals surface area contributed by atoms with Crippen molar-refractivity contribution in [3.63, 3.8) is 0 Å². The highest BCUT2D eigenvalue weighted by molar-refractivity contribution is 7.89. The monoisotopic (exact) mass is 509 g/mol. The van der Waals surface area contributed by atoms with E-state index in [2.05, 4.69) is 0 Å². The van der Waals surface area contributed by atoms with E-state index < -0.39 is 33.8 Å². The number of nitrogens with one attached hydrogen (secondary N) is 1. The molecule has 3 amide bonds. The number of carbonyl (C=O) groups is 3. The van der Waals surface area contributed by atoms with E-state index in [1.54, 1.807) is 36.4 Å². The number of hydrogen-bond donors (Lipinski definition) is 2. The average molecular weight is 510 g/mol. The van der Waals surface area contributed by atoms with Crippen LogP contribution >= 0.6 is 0 Å². The van der Waals surface area contributed by atoms with Crippen LogP contribution in [0, 0.1) is 0 Å². The lowest BCUT2D eigenvalue weighted by molar-refractivity contribution is -0.133. The third-order valence-corrected chi connectivity index (χ3v) is 7.72. The molecule has 0 saturated carbocycles. The minimum absolute atomic E-state index is 0.109. The molecule has 11 heteroatoms. The third-order valence-electron chi connectivity index (χ3n) is 5.84. The Morgan fingerprint density at radius 1 is 0.917 bits per heavy atom. The highest BCUT2D eigenvalue weighted by atomic mass is 32.2. The molecular formula is C25H23N3O7S. The van der Waals surface area contributed by atoms with Crippen LogP contribution in [0.1, 0.15) is 27.1 Å². The molecule has 0 radical (unpaired) electrons. The normalized spacial score (nSPS) is 14.0. The maximum absolute atomic E-state index is 13.2. The van der Waals surface area contributed by atoms with Gasteiger partial charge in [0.1, 0.15) is 17.5 Å². The van der Waals surface area contributed by atoms with E-state index in [1.165, 1.54) is 48.9 Å². The topological polar surface area (TPSA) is 133 Å². The molecule has 0 aliphatic carbocycles. The fourth-order valence-electron chi connectivity index (χ4n) is 3.88. The molecule has 1 unspecified atom stereocenters. The van der Waals surface area contributed by atoms with Crippen molar-refractivity contribution in [1.29, 1.82) is 0 Å². The summed E-state index contributed by atoms with van der Waals surface area (Å²) in [5.74, 6) is -1.06. The number of hydrogen-bond acceptors (Lipinski definition) is 7. The van der Waals surface area contributed by atoms with Crippen molar-refractivity contribution in [2.24, 2.45) is 0 Å². The Balaban J connectivity index is 1.50. The molecule has 3 aromatic carbocycles. The molecule has 4 rings (SSSR count). The van der Waals surface area contributed by atoms with Crippen LogP contribution in [-0.2, 0) is 14.8 Å². The van der Waals surface area contributed by atoms with E-state index in [0.29, 0.717) is 11.5 Å². The van der Waals surface area contributed by atoms with Crippen LogP contribution in [0.4, 0.5) is 0 Å². The summed E-state index contributed by atoms with van der Waals surface area (Å²) >= 11 is 0. The van der Waals surface area contributed by atoms with Gasteiger partial charge in [0.15, 0.2) is 0 Å². The van der Waals surface area contributed by atoms with Crippen LogP contribution in [0.15, 0.2) is 83.8 Å². The van der Waals surface area contributed by atoms with Gasteiger partial charge in [-0.2, -0.15) is 4.31 Å². The van der Waals surface area contributed by atoms with Crippen LogP contribution in [0.25, 0.3) is 0 Å². The molecule has 0 saturated heterocycles. The van der Waals surface area contributed by atoms with Crippen molar-refractivity contribution in [2.75, 3.05) is 13.6 Å². The number of ether oxygens (including phenoxy) is 1. The zero-order chi connectivity index (χ0) is 25.9. The highest BCUT2D eigenvalue weighted by Gasteiger charge is 2.38. The lowest BCUT2D eigenvalue weighted by atomic mass is 10.1. The molecule has 1 aliphatic rings. The lowest BCUT2D eigenvalue weighted by Gasteiger charge is -2.27. The summed E-state index contributed by atoms with van der Waals surface area (Å²) in [6.07, 6.45) is -0.233. The highest BCUT2D eigenvalue weighted by Crippen LogP contribution is 2.26. The molecule has 1 heterocycles. The fraction of sp³-hybridized carbons (Fsp3) is 0.160. The maximum Gasteiger partial charge on any atom is 0.261 e. The molecule has 186 valence electrons. The first-order chi connectivity index (χ1) is 17.2. The molecule has 0 spiro atoms. The number of likely N-dealkylation sites (N-methyl/N-ethyl adjacent to an activating group) is 1. The van der Waals surface area contributed by atoms with Crippen LogP contribution in [0.5, 0.6) is 11.5 Å². The van der Waals surface area contributed by atoms with Gasteiger partial charge in [0.05, 0.1) is 16.0 Å². The molecule has 0 fully saturated rings. The van der Waals surface area contributed by atoms with Crippen molar-refractivity contribution in [2.45, 2.75) is 17.4 Å². The molecule has 0 bridgehead atoms. The first kappa shape index (κ1) is 25.0. The average Bonchev–Trinajstić information content (AvgIpc) is 3.14. The van der Waals surface area contributed by atoms with Crippen LogP contribution in [0.2, 0.25) is 0 Å². The van der Waals surface area contributed by atoms with Gasteiger partial charge in [-0.15, -0.1) is 0 Å². The van der Waals surface area contributed by atoms with Gasteiger partial charge in [-0.25, -0.2) is 13.9 Å². The Kier molecular flexibility index (Phi) is 7.15. The predicted octanol–water partition coefficient (Wildman–Crippen LogP) is 2.66. The maximum atomic E-state index is 13.2. The number of hydroxylamine groups is 1. The Hall–Kier alpha value is -4.06. The summed E-state index contributed by atoms with van der Waals surface area (Å²) in [6, 6.07) is 19.5. The van der Waals surface area contributed by atoms with Gasteiger partial charge in [-0.05, 0) is 55.0 Å². The minimum Gasteiger partial charge on any atom is -0.457 e. The van der Waals surface area contributed by atoms with Crippen LogP contribution < -0.4 is 10.2 Å². The zero-order valence-electron chi connectivity index (χ0n) is 19.2. The number of rotatable bonds is 9. The number of nitrogens with zero attached hydrogens (tertiary/aromatic N) is 2. The second-order valence-corrected chi connectivity index (χ2v) is 9.99. The minimum atomic E-state index is -4.19. The second kappa shape index (κ2) is 10.3. The largest absolute Gasteiger partial charge is 0.457 e. The predicted molar refractivity (Wildman–Crippen MR) is 128 cm³/mol. The Bertz CT molecular complexity index is 1360. The van der Waals surface area contributed by atoms with Gasteiger partial charge in [-0.1, -0.05) is 30.3 Å². The van der Waals surface area contributed by atoms with Gasteiger partial charge in [0.25, 0.3) is 17.7 Å². The number of para-hydroxylation sites is 1. The molecule has 0 aromatic heterocycles. The van der Waals surface area contributed by atoms with Gasteiger partial charge >= 0.3 is 0 Å². The summed E-state index contributed by atoms with van der Waals surface area (Å²) in [5, 5.41) is 9.22.